The molecule has 1 heterocycles. The van der Waals surface area contributed by atoms with E-state index >= 15 is 0 Å². The van der Waals surface area contributed by atoms with Crippen molar-refractivity contribution in [1.29, 1.82) is 0 Å². The molecule has 2 aromatic rings. The van der Waals surface area contributed by atoms with Gasteiger partial charge < -0.3 is 15.8 Å². The largest absolute Gasteiger partial charge is 0.497 e. The number of aromatic nitrogens is 2. The van der Waals surface area contributed by atoms with E-state index in [-0.39, 0.29) is 5.41 Å². The molecule has 5 nitrogen and oxygen atoms in total. The van der Waals surface area contributed by atoms with Crippen molar-refractivity contribution >= 4 is 5.69 Å². The molecule has 1 aromatic heterocycles. The van der Waals surface area contributed by atoms with E-state index in [0.29, 0.717) is 6.54 Å². The highest BCUT2D eigenvalue weighted by Crippen LogP contribution is 2.29. The van der Waals surface area contributed by atoms with Crippen molar-refractivity contribution in [3.8, 4) is 17.0 Å². The van der Waals surface area contributed by atoms with Crippen molar-refractivity contribution in [2.75, 3.05) is 25.5 Å². The van der Waals surface area contributed by atoms with Gasteiger partial charge >= 0.3 is 0 Å². The predicted molar refractivity (Wildman–Crippen MR) is 94.9 cm³/mol. The van der Waals surface area contributed by atoms with Gasteiger partial charge in [-0.15, -0.1) is 0 Å². The van der Waals surface area contributed by atoms with E-state index in [4.69, 9.17) is 15.5 Å². The minimum atomic E-state index is -0.100. The third-order valence-corrected chi connectivity index (χ3v) is 3.52. The SMILES string of the molecule is COc1ccc(-c2nc(C(C)(C)C)ncc2NCCCN)cc1. The fourth-order valence-electron chi connectivity index (χ4n) is 2.17. The fourth-order valence-corrected chi connectivity index (χ4v) is 2.17. The van der Waals surface area contributed by atoms with Crippen LogP contribution in [0.15, 0.2) is 30.5 Å². The summed E-state index contributed by atoms with van der Waals surface area (Å²) in [6, 6.07) is 7.92. The quantitative estimate of drug-likeness (QED) is 0.801. The van der Waals surface area contributed by atoms with E-state index in [9.17, 15) is 0 Å². The number of rotatable bonds is 6. The maximum atomic E-state index is 5.57. The molecule has 0 bridgehead atoms. The van der Waals surface area contributed by atoms with E-state index in [1.54, 1.807) is 7.11 Å². The Balaban J connectivity index is 2.41. The van der Waals surface area contributed by atoms with Crippen LogP contribution >= 0.6 is 0 Å². The first kappa shape index (κ1) is 17.2. The van der Waals surface area contributed by atoms with Gasteiger partial charge in [-0.1, -0.05) is 20.8 Å². The Morgan fingerprint density at radius 1 is 1.17 bits per heavy atom. The minimum Gasteiger partial charge on any atom is -0.497 e. The summed E-state index contributed by atoms with van der Waals surface area (Å²) in [6.07, 6.45) is 2.77. The van der Waals surface area contributed by atoms with E-state index in [1.807, 2.05) is 30.5 Å². The molecule has 0 aliphatic carbocycles. The van der Waals surface area contributed by atoms with Crippen molar-refractivity contribution in [3.05, 3.63) is 36.3 Å². The van der Waals surface area contributed by atoms with Gasteiger partial charge in [-0.2, -0.15) is 0 Å². The van der Waals surface area contributed by atoms with Gasteiger partial charge in [-0.25, -0.2) is 9.97 Å². The number of methoxy groups -OCH3 is 1. The molecule has 0 atom stereocenters. The van der Waals surface area contributed by atoms with Gasteiger partial charge in [0.25, 0.3) is 0 Å². The van der Waals surface area contributed by atoms with Crippen LogP contribution in [0.3, 0.4) is 0 Å². The van der Waals surface area contributed by atoms with Crippen molar-refractivity contribution in [2.24, 2.45) is 5.73 Å². The van der Waals surface area contributed by atoms with Crippen molar-refractivity contribution in [1.82, 2.24) is 9.97 Å². The van der Waals surface area contributed by atoms with Crippen molar-refractivity contribution in [3.63, 3.8) is 0 Å². The van der Waals surface area contributed by atoms with E-state index in [1.165, 1.54) is 0 Å². The zero-order valence-electron chi connectivity index (χ0n) is 14.4. The summed E-state index contributed by atoms with van der Waals surface area (Å²) in [6.45, 7) is 7.80. The normalized spacial score (nSPS) is 11.3. The highest BCUT2D eigenvalue weighted by molar-refractivity contribution is 5.74. The van der Waals surface area contributed by atoms with Crippen LogP contribution in [0.4, 0.5) is 5.69 Å². The van der Waals surface area contributed by atoms with Crippen LogP contribution in [0, 0.1) is 0 Å². The maximum absolute atomic E-state index is 5.57. The lowest BCUT2D eigenvalue weighted by atomic mass is 9.95. The monoisotopic (exact) mass is 314 g/mol. The van der Waals surface area contributed by atoms with Crippen LogP contribution < -0.4 is 15.8 Å². The standard InChI is InChI=1S/C18H26N4O/c1-18(2,3)17-21-12-15(20-11-5-10-19)16(22-17)13-6-8-14(23-4)9-7-13/h6-9,12,20H,5,10-11,19H2,1-4H3. The Kier molecular flexibility index (Phi) is 5.55. The van der Waals surface area contributed by atoms with Crippen LogP contribution in [0.2, 0.25) is 0 Å². The Morgan fingerprint density at radius 3 is 2.43 bits per heavy atom. The average molecular weight is 314 g/mol. The van der Waals surface area contributed by atoms with Gasteiger partial charge in [-0.3, -0.25) is 0 Å². The molecule has 0 saturated heterocycles. The first-order valence-corrected chi connectivity index (χ1v) is 7.91. The van der Waals surface area contributed by atoms with Crippen LogP contribution in [0.1, 0.15) is 33.0 Å². The molecule has 0 aliphatic rings. The van der Waals surface area contributed by atoms with Crippen molar-refractivity contribution in [2.45, 2.75) is 32.6 Å². The number of ether oxygens (including phenoxy) is 1. The number of benzene rings is 1. The fraction of sp³-hybridized carbons (Fsp3) is 0.444. The zero-order valence-corrected chi connectivity index (χ0v) is 14.4. The molecule has 3 N–H and O–H groups in total. The third-order valence-electron chi connectivity index (χ3n) is 3.52. The minimum absolute atomic E-state index is 0.100. The molecule has 0 amide bonds. The van der Waals surface area contributed by atoms with E-state index in [2.05, 4.69) is 31.1 Å². The van der Waals surface area contributed by atoms with Crippen LogP contribution in [0.25, 0.3) is 11.3 Å². The second-order valence-electron chi connectivity index (χ2n) is 6.50. The Bertz CT molecular complexity index is 632. The molecule has 1 aromatic carbocycles. The molecule has 0 unspecified atom stereocenters. The highest BCUT2D eigenvalue weighted by Gasteiger charge is 2.19. The summed E-state index contributed by atoms with van der Waals surface area (Å²) in [5.74, 6) is 1.66. The lowest BCUT2D eigenvalue weighted by molar-refractivity contribution is 0.415. The Hall–Kier alpha value is -2.14. The lowest BCUT2D eigenvalue weighted by Gasteiger charge is -2.19. The number of nitrogens with one attached hydrogen (secondary N) is 1. The maximum Gasteiger partial charge on any atom is 0.134 e. The number of nitrogens with zero attached hydrogens (tertiary/aromatic N) is 2. The topological polar surface area (TPSA) is 73.1 Å². The van der Waals surface area contributed by atoms with Crippen LogP contribution in [-0.2, 0) is 5.41 Å². The molecular weight excluding hydrogens is 288 g/mol. The highest BCUT2D eigenvalue weighted by atomic mass is 16.5. The zero-order chi connectivity index (χ0) is 16.9. The molecule has 0 radical (unpaired) electrons. The molecular formula is C18H26N4O. The number of hydrogen-bond donors (Lipinski definition) is 2. The predicted octanol–water partition coefficient (Wildman–Crippen LogP) is 3.21. The molecule has 5 heteroatoms. The average Bonchev–Trinajstić information content (AvgIpc) is 2.54. The second kappa shape index (κ2) is 7.42. The van der Waals surface area contributed by atoms with Gasteiger partial charge in [0, 0.05) is 17.5 Å². The van der Waals surface area contributed by atoms with Gasteiger partial charge in [0.2, 0.25) is 0 Å². The summed E-state index contributed by atoms with van der Waals surface area (Å²) < 4.78 is 5.23. The van der Waals surface area contributed by atoms with E-state index < -0.39 is 0 Å². The summed E-state index contributed by atoms with van der Waals surface area (Å²) >= 11 is 0. The molecule has 124 valence electrons. The summed E-state index contributed by atoms with van der Waals surface area (Å²) in [4.78, 5) is 9.32. The summed E-state index contributed by atoms with van der Waals surface area (Å²) in [7, 11) is 1.66. The van der Waals surface area contributed by atoms with Gasteiger partial charge in [0.1, 0.15) is 11.6 Å². The van der Waals surface area contributed by atoms with Crippen LogP contribution in [0.5, 0.6) is 5.75 Å². The number of hydrogen-bond acceptors (Lipinski definition) is 5. The molecule has 0 saturated carbocycles. The third kappa shape index (κ3) is 4.42. The molecule has 0 spiro atoms. The van der Waals surface area contributed by atoms with Crippen LogP contribution in [-0.4, -0.2) is 30.2 Å². The van der Waals surface area contributed by atoms with Gasteiger partial charge in [0.05, 0.1) is 24.7 Å². The molecule has 0 aliphatic heterocycles. The van der Waals surface area contributed by atoms with E-state index in [0.717, 1.165) is 41.5 Å². The second-order valence-corrected chi connectivity index (χ2v) is 6.50. The van der Waals surface area contributed by atoms with Gasteiger partial charge in [0.15, 0.2) is 0 Å². The first-order chi connectivity index (χ1) is 11.0. The molecule has 23 heavy (non-hydrogen) atoms. The number of nitrogens with two attached hydrogens (primary N) is 1. The Labute approximate surface area is 138 Å². The molecule has 0 fully saturated rings. The van der Waals surface area contributed by atoms with Crippen molar-refractivity contribution < 1.29 is 4.74 Å². The summed E-state index contributed by atoms with van der Waals surface area (Å²) in [5.41, 5.74) is 8.34. The number of anilines is 1. The lowest BCUT2D eigenvalue weighted by Crippen LogP contribution is -2.17. The van der Waals surface area contributed by atoms with Gasteiger partial charge in [-0.05, 0) is 37.2 Å². The first-order valence-electron chi connectivity index (χ1n) is 7.91. The smallest absolute Gasteiger partial charge is 0.134 e. The molecule has 2 rings (SSSR count). The summed E-state index contributed by atoms with van der Waals surface area (Å²) in [5, 5.41) is 3.38. The Morgan fingerprint density at radius 2 is 1.87 bits per heavy atom.